The van der Waals surface area contributed by atoms with Gasteiger partial charge in [0.15, 0.2) is 0 Å². The second kappa shape index (κ2) is 8.82. The van der Waals surface area contributed by atoms with Crippen molar-refractivity contribution in [3.8, 4) is 5.75 Å². The lowest BCUT2D eigenvalue weighted by molar-refractivity contribution is 0.319. The van der Waals surface area contributed by atoms with Gasteiger partial charge in [-0.2, -0.15) is 0 Å². The molecule has 0 amide bonds. The number of nitrogens with two attached hydrogens (primary N) is 1. The Kier molecular flexibility index (Phi) is 7.41. The molecular formula is C16H29N3O. The molecule has 1 aromatic rings. The largest absolute Gasteiger partial charge is 0.491 e. The van der Waals surface area contributed by atoms with E-state index in [0.717, 1.165) is 37.4 Å². The molecule has 4 heteroatoms. The molecule has 0 fully saturated rings. The minimum absolute atomic E-state index is 0.441. The van der Waals surface area contributed by atoms with Crippen molar-refractivity contribution in [3.63, 3.8) is 0 Å². The zero-order valence-electron chi connectivity index (χ0n) is 13.3. The van der Waals surface area contributed by atoms with Crippen molar-refractivity contribution in [1.82, 2.24) is 10.2 Å². The summed E-state index contributed by atoms with van der Waals surface area (Å²) in [6, 6.07) is 6.55. The number of benzene rings is 1. The molecule has 1 rings (SSSR count). The normalized spacial score (nSPS) is 12.7. The van der Waals surface area contributed by atoms with Crippen molar-refractivity contribution in [2.75, 3.05) is 39.5 Å². The number of hydrogen-bond acceptors (Lipinski definition) is 4. The molecule has 20 heavy (non-hydrogen) atoms. The van der Waals surface area contributed by atoms with E-state index in [4.69, 9.17) is 10.5 Å². The van der Waals surface area contributed by atoms with E-state index in [-0.39, 0.29) is 0 Å². The molecule has 0 spiro atoms. The predicted octanol–water partition coefficient (Wildman–Crippen LogP) is 2.14. The van der Waals surface area contributed by atoms with E-state index in [9.17, 15) is 0 Å². The van der Waals surface area contributed by atoms with E-state index in [0.29, 0.717) is 12.6 Å². The Morgan fingerprint density at radius 1 is 1.35 bits per heavy atom. The molecule has 0 heterocycles. The highest BCUT2D eigenvalue weighted by Crippen LogP contribution is 2.23. The van der Waals surface area contributed by atoms with Crippen molar-refractivity contribution in [2.24, 2.45) is 0 Å². The first-order valence-electron chi connectivity index (χ1n) is 7.42. The second-order valence-corrected chi connectivity index (χ2v) is 5.58. The van der Waals surface area contributed by atoms with E-state index >= 15 is 0 Å². The molecule has 0 aliphatic carbocycles. The van der Waals surface area contributed by atoms with E-state index in [1.54, 1.807) is 0 Å². The minimum Gasteiger partial charge on any atom is -0.491 e. The van der Waals surface area contributed by atoms with Crippen LogP contribution in [-0.2, 0) is 6.42 Å². The Balaban J connectivity index is 2.45. The van der Waals surface area contributed by atoms with Crippen molar-refractivity contribution >= 4 is 5.69 Å². The number of likely N-dealkylation sites (N-methyl/N-ethyl adjacent to an activating group) is 1. The Morgan fingerprint density at radius 3 is 2.70 bits per heavy atom. The van der Waals surface area contributed by atoms with Crippen LogP contribution in [0.2, 0.25) is 0 Å². The van der Waals surface area contributed by atoms with E-state index in [2.05, 4.69) is 44.2 Å². The summed E-state index contributed by atoms with van der Waals surface area (Å²) in [5.41, 5.74) is 8.00. The number of nitrogens with zero attached hydrogens (tertiary/aromatic N) is 1. The van der Waals surface area contributed by atoms with Crippen molar-refractivity contribution in [2.45, 2.75) is 32.7 Å². The van der Waals surface area contributed by atoms with Crippen LogP contribution in [0.4, 0.5) is 5.69 Å². The number of rotatable bonds is 9. The summed E-state index contributed by atoms with van der Waals surface area (Å²) < 4.78 is 5.59. The molecule has 0 saturated heterocycles. The molecule has 1 atom stereocenters. The van der Waals surface area contributed by atoms with Crippen molar-refractivity contribution in [3.05, 3.63) is 23.8 Å². The topological polar surface area (TPSA) is 50.5 Å². The maximum Gasteiger partial charge on any atom is 0.142 e. The second-order valence-electron chi connectivity index (χ2n) is 5.58. The zero-order valence-corrected chi connectivity index (χ0v) is 13.3. The molecule has 0 aliphatic heterocycles. The summed E-state index contributed by atoms with van der Waals surface area (Å²) in [4.78, 5) is 2.18. The third-order valence-electron chi connectivity index (χ3n) is 3.13. The van der Waals surface area contributed by atoms with Crippen LogP contribution in [0, 0.1) is 0 Å². The first kappa shape index (κ1) is 16.8. The molecule has 0 radical (unpaired) electrons. The molecule has 3 N–H and O–H groups in total. The Labute approximate surface area is 123 Å². The van der Waals surface area contributed by atoms with Gasteiger partial charge in [-0.1, -0.05) is 13.0 Å². The van der Waals surface area contributed by atoms with Gasteiger partial charge in [0.25, 0.3) is 0 Å². The van der Waals surface area contributed by atoms with Crippen LogP contribution in [0.25, 0.3) is 0 Å². The van der Waals surface area contributed by atoms with Gasteiger partial charge in [0, 0.05) is 19.1 Å². The molecule has 1 unspecified atom stereocenters. The summed E-state index contributed by atoms with van der Waals surface area (Å²) in [6.07, 6.45) is 1.97. The highest BCUT2D eigenvalue weighted by Gasteiger charge is 2.06. The summed E-state index contributed by atoms with van der Waals surface area (Å²) in [5, 5.41) is 3.52. The summed E-state index contributed by atoms with van der Waals surface area (Å²) in [7, 11) is 4.17. The molecule has 114 valence electrons. The Bertz CT molecular complexity index is 393. The third-order valence-corrected chi connectivity index (χ3v) is 3.13. The minimum atomic E-state index is 0.441. The number of nitrogens with one attached hydrogen (secondary N) is 1. The van der Waals surface area contributed by atoms with E-state index < -0.39 is 0 Å². The number of anilines is 1. The van der Waals surface area contributed by atoms with Crippen LogP contribution in [0.15, 0.2) is 18.2 Å². The van der Waals surface area contributed by atoms with Crippen LogP contribution in [0.5, 0.6) is 5.75 Å². The monoisotopic (exact) mass is 279 g/mol. The van der Waals surface area contributed by atoms with Gasteiger partial charge in [-0.3, -0.25) is 0 Å². The summed E-state index contributed by atoms with van der Waals surface area (Å²) in [5.74, 6) is 0.795. The van der Waals surface area contributed by atoms with Gasteiger partial charge in [-0.15, -0.1) is 0 Å². The van der Waals surface area contributed by atoms with Crippen LogP contribution >= 0.6 is 0 Å². The van der Waals surface area contributed by atoms with Gasteiger partial charge < -0.3 is 20.7 Å². The average molecular weight is 279 g/mol. The highest BCUT2D eigenvalue weighted by molar-refractivity contribution is 5.54. The van der Waals surface area contributed by atoms with Gasteiger partial charge in [0.1, 0.15) is 5.75 Å². The number of nitrogen functional groups attached to an aromatic ring is 1. The van der Waals surface area contributed by atoms with Crippen molar-refractivity contribution in [1.29, 1.82) is 0 Å². The number of hydrogen-bond donors (Lipinski definition) is 2. The van der Waals surface area contributed by atoms with Crippen LogP contribution in [0.1, 0.15) is 25.8 Å². The highest BCUT2D eigenvalue weighted by atomic mass is 16.5. The maximum atomic E-state index is 6.03. The van der Waals surface area contributed by atoms with Gasteiger partial charge in [-0.25, -0.2) is 0 Å². The van der Waals surface area contributed by atoms with E-state index in [1.165, 1.54) is 5.56 Å². The summed E-state index contributed by atoms with van der Waals surface area (Å²) in [6.45, 7) is 7.06. The van der Waals surface area contributed by atoms with Crippen LogP contribution in [-0.4, -0.2) is 44.7 Å². The predicted molar refractivity (Wildman–Crippen MR) is 86.4 cm³/mol. The number of ether oxygens (including phenoxy) is 1. The lowest BCUT2D eigenvalue weighted by Gasteiger charge is -2.17. The van der Waals surface area contributed by atoms with Gasteiger partial charge in [0.05, 0.1) is 12.3 Å². The molecule has 1 aromatic carbocycles. The Morgan fingerprint density at radius 2 is 2.10 bits per heavy atom. The lowest BCUT2D eigenvalue weighted by atomic mass is 10.1. The van der Waals surface area contributed by atoms with Crippen molar-refractivity contribution < 1.29 is 4.74 Å². The lowest BCUT2D eigenvalue weighted by Crippen LogP contribution is -2.34. The molecule has 0 aromatic heterocycles. The molecule has 0 aliphatic rings. The maximum absolute atomic E-state index is 6.03. The smallest absolute Gasteiger partial charge is 0.142 e. The standard InChI is InChI=1S/C16H29N3O/c1-5-10-20-16-7-6-14(12-15(16)17)11-13(2)18-8-9-19(3)4/h6-7,12-13,18H,5,8-11,17H2,1-4H3. The fourth-order valence-electron chi connectivity index (χ4n) is 2.03. The van der Waals surface area contributed by atoms with Crippen LogP contribution in [0.3, 0.4) is 0 Å². The fraction of sp³-hybridized carbons (Fsp3) is 0.625. The van der Waals surface area contributed by atoms with Crippen LogP contribution < -0.4 is 15.8 Å². The average Bonchev–Trinajstić information content (AvgIpc) is 2.37. The first-order valence-corrected chi connectivity index (χ1v) is 7.42. The molecule has 0 saturated carbocycles. The zero-order chi connectivity index (χ0) is 15.0. The molecular weight excluding hydrogens is 250 g/mol. The van der Waals surface area contributed by atoms with Gasteiger partial charge in [-0.05, 0) is 51.6 Å². The van der Waals surface area contributed by atoms with Gasteiger partial charge in [0.2, 0.25) is 0 Å². The summed E-state index contributed by atoms with van der Waals surface area (Å²) >= 11 is 0. The molecule has 0 bridgehead atoms. The fourth-order valence-corrected chi connectivity index (χ4v) is 2.03. The van der Waals surface area contributed by atoms with E-state index in [1.807, 2.05) is 12.1 Å². The molecule has 4 nitrogen and oxygen atoms in total. The first-order chi connectivity index (χ1) is 9.52. The SMILES string of the molecule is CCCOc1ccc(CC(C)NCCN(C)C)cc1N. The van der Waals surface area contributed by atoms with Gasteiger partial charge >= 0.3 is 0 Å². The third kappa shape index (κ3) is 6.26. The Hall–Kier alpha value is -1.26. The quantitative estimate of drug-likeness (QED) is 0.680.